The lowest BCUT2D eigenvalue weighted by molar-refractivity contribution is -0.124. The zero-order valence-corrected chi connectivity index (χ0v) is 14.2. The lowest BCUT2D eigenvalue weighted by atomic mass is 9.94. The Morgan fingerprint density at radius 1 is 1.12 bits per heavy atom. The summed E-state index contributed by atoms with van der Waals surface area (Å²) < 4.78 is 0. The van der Waals surface area contributed by atoms with E-state index < -0.39 is 6.04 Å². The molecule has 1 heterocycles. The van der Waals surface area contributed by atoms with Crippen molar-refractivity contribution in [2.24, 2.45) is 0 Å². The van der Waals surface area contributed by atoms with E-state index in [1.165, 1.54) is 0 Å². The van der Waals surface area contributed by atoms with Gasteiger partial charge in [-0.05, 0) is 43.0 Å². The van der Waals surface area contributed by atoms with Crippen molar-refractivity contribution in [3.63, 3.8) is 0 Å². The van der Waals surface area contributed by atoms with Crippen LogP contribution in [0.25, 0.3) is 0 Å². The van der Waals surface area contributed by atoms with Crippen LogP contribution < -0.4 is 10.2 Å². The molecule has 2 aromatic carbocycles. The second-order valence-electron chi connectivity index (χ2n) is 6.13. The van der Waals surface area contributed by atoms with Gasteiger partial charge in [0.05, 0.1) is 0 Å². The molecule has 0 spiro atoms. The summed E-state index contributed by atoms with van der Waals surface area (Å²) in [5.41, 5.74) is 2.69. The Bertz CT molecular complexity index is 770. The molecule has 1 aliphatic heterocycles. The van der Waals surface area contributed by atoms with Crippen molar-refractivity contribution in [2.75, 3.05) is 10.2 Å². The molecule has 1 N–H and O–H groups in total. The summed E-state index contributed by atoms with van der Waals surface area (Å²) in [6, 6.07) is 16.7. The molecule has 2 aromatic rings. The first-order valence-electron chi connectivity index (χ1n) is 8.57. The van der Waals surface area contributed by atoms with E-state index in [9.17, 15) is 9.59 Å². The molecule has 3 rings (SSSR count). The molecule has 1 aliphatic rings. The summed E-state index contributed by atoms with van der Waals surface area (Å²) in [6.45, 7) is 3.68. The molecule has 0 radical (unpaired) electrons. The third-order valence-corrected chi connectivity index (χ3v) is 4.42. The normalized spacial score (nSPS) is 16.0. The highest BCUT2D eigenvalue weighted by Gasteiger charge is 2.35. The number of allylic oxidation sites excluding steroid dienone is 1. The maximum absolute atomic E-state index is 12.8. The monoisotopic (exact) mass is 334 g/mol. The molecule has 25 heavy (non-hydrogen) atoms. The lowest BCUT2D eigenvalue weighted by Gasteiger charge is -2.36. The first-order chi connectivity index (χ1) is 12.2. The number of rotatable bonds is 5. The van der Waals surface area contributed by atoms with E-state index >= 15 is 0 Å². The fraction of sp³-hybridized carbons (Fsp3) is 0.238. The van der Waals surface area contributed by atoms with Gasteiger partial charge in [-0.15, -0.1) is 6.58 Å². The van der Waals surface area contributed by atoms with E-state index in [0.29, 0.717) is 19.3 Å². The third kappa shape index (κ3) is 3.79. The number of hydrogen-bond donors (Lipinski definition) is 1. The van der Waals surface area contributed by atoms with Crippen LogP contribution in [0.15, 0.2) is 67.3 Å². The Kier molecular flexibility index (Phi) is 5.29. The number of para-hydroxylation sites is 2. The maximum Gasteiger partial charge on any atom is 0.247 e. The highest BCUT2D eigenvalue weighted by Crippen LogP contribution is 2.32. The van der Waals surface area contributed by atoms with Crippen LogP contribution in [0.5, 0.6) is 0 Å². The van der Waals surface area contributed by atoms with Gasteiger partial charge in [-0.2, -0.15) is 0 Å². The zero-order valence-electron chi connectivity index (χ0n) is 14.2. The highest BCUT2D eigenvalue weighted by molar-refractivity contribution is 6.05. The quantitative estimate of drug-likeness (QED) is 0.842. The van der Waals surface area contributed by atoms with E-state index in [1.54, 1.807) is 11.0 Å². The largest absolute Gasteiger partial charge is 0.324 e. The molecule has 0 unspecified atom stereocenters. The van der Waals surface area contributed by atoms with E-state index in [2.05, 4.69) is 11.9 Å². The van der Waals surface area contributed by atoms with Gasteiger partial charge in [-0.25, -0.2) is 0 Å². The minimum Gasteiger partial charge on any atom is -0.324 e. The van der Waals surface area contributed by atoms with Gasteiger partial charge in [-0.3, -0.25) is 14.5 Å². The average Bonchev–Trinajstić information content (AvgIpc) is 2.65. The highest BCUT2D eigenvalue weighted by atomic mass is 16.2. The van der Waals surface area contributed by atoms with Gasteiger partial charge in [0.25, 0.3) is 0 Å². The molecule has 0 aromatic heterocycles. The average molecular weight is 334 g/mol. The minimum atomic E-state index is -0.493. The van der Waals surface area contributed by atoms with Crippen LogP contribution in [0.2, 0.25) is 0 Å². The molecule has 4 nitrogen and oxygen atoms in total. The Morgan fingerprint density at radius 3 is 2.60 bits per heavy atom. The zero-order chi connectivity index (χ0) is 17.6. The number of hydrogen-bond acceptors (Lipinski definition) is 2. The predicted octanol–water partition coefficient (Wildman–Crippen LogP) is 3.94. The lowest BCUT2D eigenvalue weighted by Crippen LogP contribution is -2.50. The number of carbonyl (C=O) groups is 2. The summed E-state index contributed by atoms with van der Waals surface area (Å²) in [5, 5.41) is 2.93. The summed E-state index contributed by atoms with van der Waals surface area (Å²) in [4.78, 5) is 27.3. The van der Waals surface area contributed by atoms with Crippen molar-refractivity contribution in [2.45, 2.75) is 31.7 Å². The van der Waals surface area contributed by atoms with Crippen LogP contribution in [0.1, 0.15) is 24.8 Å². The van der Waals surface area contributed by atoms with Crippen LogP contribution in [0.3, 0.4) is 0 Å². The fourth-order valence-corrected chi connectivity index (χ4v) is 3.20. The first kappa shape index (κ1) is 17.0. The number of nitrogens with one attached hydrogen (secondary N) is 1. The van der Waals surface area contributed by atoms with Gasteiger partial charge in [0.15, 0.2) is 0 Å². The van der Waals surface area contributed by atoms with Crippen molar-refractivity contribution >= 4 is 23.2 Å². The second kappa shape index (κ2) is 7.79. The number of anilines is 2. The molecular weight excluding hydrogens is 312 g/mol. The van der Waals surface area contributed by atoms with Gasteiger partial charge in [0.1, 0.15) is 6.04 Å². The van der Waals surface area contributed by atoms with Crippen LogP contribution in [-0.2, 0) is 16.0 Å². The van der Waals surface area contributed by atoms with E-state index in [4.69, 9.17) is 0 Å². The Balaban J connectivity index is 1.87. The summed E-state index contributed by atoms with van der Waals surface area (Å²) in [7, 11) is 0. The summed E-state index contributed by atoms with van der Waals surface area (Å²) in [6.07, 6.45) is 4.09. The topological polar surface area (TPSA) is 49.4 Å². The molecule has 0 fully saturated rings. The molecule has 2 amide bonds. The molecule has 1 atom stereocenters. The standard InChI is InChI=1S/C21H22N2O2/c1-2-3-13-20(24)23-18-12-8-7-9-16(18)14-15-19(23)21(25)22-17-10-5-4-6-11-17/h2,4-12,19H,1,3,13-15H2,(H,22,25)/t19-/m0/s1. The SMILES string of the molecule is C=CCCC(=O)N1c2ccccc2CC[C@H]1C(=O)Nc1ccccc1. The minimum absolute atomic E-state index is 0.0414. The van der Waals surface area contributed by atoms with Crippen LogP contribution in [0, 0.1) is 0 Å². The Hall–Kier alpha value is -2.88. The smallest absolute Gasteiger partial charge is 0.247 e. The molecule has 0 bridgehead atoms. The van der Waals surface area contributed by atoms with E-state index in [0.717, 1.165) is 23.4 Å². The Labute approximate surface area is 148 Å². The summed E-state index contributed by atoms with van der Waals surface area (Å²) in [5.74, 6) is -0.187. The molecule has 128 valence electrons. The van der Waals surface area contributed by atoms with Crippen LogP contribution in [-0.4, -0.2) is 17.9 Å². The number of amides is 2. The fourth-order valence-electron chi connectivity index (χ4n) is 3.20. The number of benzene rings is 2. The number of carbonyl (C=O) groups excluding carboxylic acids is 2. The third-order valence-electron chi connectivity index (χ3n) is 4.42. The van der Waals surface area contributed by atoms with Gasteiger partial charge in [0.2, 0.25) is 11.8 Å². The van der Waals surface area contributed by atoms with Gasteiger partial charge in [-0.1, -0.05) is 42.5 Å². The molecule has 0 aliphatic carbocycles. The number of fused-ring (bicyclic) bond motifs is 1. The van der Waals surface area contributed by atoms with Crippen LogP contribution >= 0.6 is 0 Å². The Morgan fingerprint density at radius 2 is 1.84 bits per heavy atom. The maximum atomic E-state index is 12.8. The molecule has 4 heteroatoms. The van der Waals surface area contributed by atoms with Crippen molar-refractivity contribution in [1.82, 2.24) is 0 Å². The second-order valence-corrected chi connectivity index (χ2v) is 6.13. The summed E-state index contributed by atoms with van der Waals surface area (Å²) >= 11 is 0. The molecule has 0 saturated carbocycles. The first-order valence-corrected chi connectivity index (χ1v) is 8.57. The number of aryl methyl sites for hydroxylation is 1. The van der Waals surface area contributed by atoms with Gasteiger partial charge in [0, 0.05) is 17.8 Å². The molecule has 0 saturated heterocycles. The van der Waals surface area contributed by atoms with Gasteiger partial charge >= 0.3 is 0 Å². The van der Waals surface area contributed by atoms with Crippen LogP contribution in [0.4, 0.5) is 11.4 Å². The van der Waals surface area contributed by atoms with Crippen molar-refractivity contribution < 1.29 is 9.59 Å². The van der Waals surface area contributed by atoms with Crippen molar-refractivity contribution in [1.29, 1.82) is 0 Å². The van der Waals surface area contributed by atoms with Crippen molar-refractivity contribution in [3.05, 3.63) is 72.8 Å². The number of nitrogens with zero attached hydrogens (tertiary/aromatic N) is 1. The molecular formula is C21H22N2O2. The predicted molar refractivity (Wildman–Crippen MR) is 101 cm³/mol. The van der Waals surface area contributed by atoms with E-state index in [-0.39, 0.29) is 11.8 Å². The van der Waals surface area contributed by atoms with E-state index in [1.807, 2.05) is 54.6 Å². The van der Waals surface area contributed by atoms with Crippen molar-refractivity contribution in [3.8, 4) is 0 Å². The van der Waals surface area contributed by atoms with Gasteiger partial charge < -0.3 is 5.32 Å².